The summed E-state index contributed by atoms with van der Waals surface area (Å²) in [6, 6.07) is 16.1. The first-order valence-electron chi connectivity index (χ1n) is 7.80. The second-order valence-corrected chi connectivity index (χ2v) is 5.97. The lowest BCUT2D eigenvalue weighted by Gasteiger charge is -2.08. The maximum Gasteiger partial charge on any atom is 0.349 e. The van der Waals surface area contributed by atoms with E-state index in [1.54, 1.807) is 30.3 Å². The summed E-state index contributed by atoms with van der Waals surface area (Å²) >= 11 is 0. The number of hydrogen-bond donors (Lipinski definition) is 2. The summed E-state index contributed by atoms with van der Waals surface area (Å²) in [5.74, 6) is -0.122. The molecule has 25 heavy (non-hydrogen) atoms. The largest absolute Gasteiger partial charge is 0.506 e. The van der Waals surface area contributed by atoms with Crippen molar-refractivity contribution in [1.82, 2.24) is 0 Å². The molecule has 0 radical (unpaired) electrons. The lowest BCUT2D eigenvalue weighted by Crippen LogP contribution is -2.15. The summed E-state index contributed by atoms with van der Waals surface area (Å²) in [6.45, 7) is 0. The minimum absolute atomic E-state index is 0.0703. The van der Waals surface area contributed by atoms with Crippen molar-refractivity contribution in [2.75, 3.05) is 5.73 Å². The fourth-order valence-corrected chi connectivity index (χ4v) is 3.41. The molecule has 1 aromatic heterocycles. The summed E-state index contributed by atoms with van der Waals surface area (Å²) in [4.78, 5) is 17.1. The number of nitrogens with zero attached hydrogens (tertiary/aromatic N) is 1. The Morgan fingerprint density at radius 2 is 1.76 bits per heavy atom. The van der Waals surface area contributed by atoms with E-state index in [9.17, 15) is 9.90 Å². The zero-order valence-electron chi connectivity index (χ0n) is 13.0. The Balaban J connectivity index is 1.87. The molecule has 0 saturated carbocycles. The minimum atomic E-state index is -0.618. The molecule has 1 aliphatic heterocycles. The van der Waals surface area contributed by atoms with Gasteiger partial charge in [0.1, 0.15) is 16.9 Å². The summed E-state index contributed by atoms with van der Waals surface area (Å²) in [7, 11) is 0. The van der Waals surface area contributed by atoms with Crippen molar-refractivity contribution in [3.8, 4) is 5.75 Å². The van der Waals surface area contributed by atoms with Gasteiger partial charge in [-0.25, -0.2) is 9.79 Å². The molecule has 0 unspecified atom stereocenters. The van der Waals surface area contributed by atoms with Crippen molar-refractivity contribution in [1.29, 1.82) is 0 Å². The molecular formula is C20H12N2O3. The van der Waals surface area contributed by atoms with Crippen LogP contribution in [0.4, 0.5) is 11.4 Å². The lowest BCUT2D eigenvalue weighted by atomic mass is 9.97. The van der Waals surface area contributed by atoms with Crippen LogP contribution in [0, 0.1) is 0 Å². The Morgan fingerprint density at radius 1 is 0.960 bits per heavy atom. The van der Waals surface area contributed by atoms with Crippen LogP contribution >= 0.6 is 0 Å². The molecule has 3 N–H and O–H groups in total. The van der Waals surface area contributed by atoms with E-state index in [2.05, 4.69) is 4.99 Å². The predicted molar refractivity (Wildman–Crippen MR) is 97.8 cm³/mol. The van der Waals surface area contributed by atoms with E-state index < -0.39 is 5.63 Å². The topological polar surface area (TPSA) is 88.8 Å². The zero-order chi connectivity index (χ0) is 17.1. The molecule has 0 bridgehead atoms. The van der Waals surface area contributed by atoms with Crippen LogP contribution in [0.15, 0.2) is 68.8 Å². The normalized spacial score (nSPS) is 12.7. The highest BCUT2D eigenvalue weighted by Gasteiger charge is 2.26. The highest BCUT2D eigenvalue weighted by atomic mass is 16.4. The molecule has 0 spiro atoms. The third kappa shape index (κ3) is 1.77. The summed E-state index contributed by atoms with van der Waals surface area (Å²) < 4.78 is 5.38. The Labute approximate surface area is 141 Å². The average Bonchev–Trinajstić information content (AvgIpc) is 2.98. The Kier molecular flexibility index (Phi) is 2.60. The van der Waals surface area contributed by atoms with Crippen LogP contribution in [0.3, 0.4) is 0 Å². The maximum atomic E-state index is 12.5. The van der Waals surface area contributed by atoms with Gasteiger partial charge in [-0.05, 0) is 24.3 Å². The highest BCUT2D eigenvalue weighted by Crippen LogP contribution is 2.41. The molecule has 3 aromatic carbocycles. The van der Waals surface area contributed by atoms with E-state index in [1.165, 1.54) is 0 Å². The third-order valence-electron chi connectivity index (χ3n) is 4.56. The first-order valence-corrected chi connectivity index (χ1v) is 7.80. The smallest absolute Gasteiger partial charge is 0.349 e. The highest BCUT2D eigenvalue weighted by molar-refractivity contribution is 6.28. The van der Waals surface area contributed by atoms with E-state index in [1.807, 2.05) is 24.3 Å². The molecule has 0 fully saturated rings. The molecule has 0 atom stereocenters. The van der Waals surface area contributed by atoms with Gasteiger partial charge in [0.15, 0.2) is 0 Å². The number of aliphatic imine (C=N–C) groups is 1. The molecule has 2 heterocycles. The molecular weight excluding hydrogens is 316 g/mol. The Morgan fingerprint density at radius 3 is 2.64 bits per heavy atom. The zero-order valence-corrected chi connectivity index (χ0v) is 13.0. The molecule has 0 aliphatic carbocycles. The molecule has 5 rings (SSSR count). The quantitative estimate of drug-likeness (QED) is 0.362. The predicted octanol–water partition coefficient (Wildman–Crippen LogP) is 3.72. The Hall–Kier alpha value is -3.60. The summed E-state index contributed by atoms with van der Waals surface area (Å²) in [5, 5.41) is 12.9. The monoisotopic (exact) mass is 328 g/mol. The van der Waals surface area contributed by atoms with Gasteiger partial charge in [-0.3, -0.25) is 0 Å². The number of hydrogen-bond acceptors (Lipinski definition) is 5. The van der Waals surface area contributed by atoms with E-state index in [0.29, 0.717) is 22.4 Å². The standard InChI is InChI=1S/C20H12N2O3/c21-13-8-9-14-16-10(13)5-3-6-12(16)18(22-14)17-19(23)11-4-1-2-7-15(11)25-20(17)24/h1-9,23H,21H2. The second-order valence-electron chi connectivity index (χ2n) is 5.97. The average molecular weight is 328 g/mol. The van der Waals surface area contributed by atoms with Crippen LogP contribution in [-0.2, 0) is 0 Å². The van der Waals surface area contributed by atoms with Gasteiger partial charge in [-0.1, -0.05) is 30.3 Å². The van der Waals surface area contributed by atoms with Gasteiger partial charge in [0, 0.05) is 22.0 Å². The SMILES string of the molecule is Nc1ccc2c3c(cccc13)C(c1c(O)c3ccccc3oc1=O)=N2. The number of anilines is 1. The number of nitrogen functional groups attached to an aromatic ring is 1. The van der Waals surface area contributed by atoms with Crippen LogP contribution in [0.5, 0.6) is 5.75 Å². The van der Waals surface area contributed by atoms with Crippen molar-refractivity contribution in [3.63, 3.8) is 0 Å². The third-order valence-corrected chi connectivity index (χ3v) is 4.56. The van der Waals surface area contributed by atoms with Gasteiger partial charge < -0.3 is 15.3 Å². The number of fused-ring (bicyclic) bond motifs is 1. The number of aromatic hydroxyl groups is 1. The van der Waals surface area contributed by atoms with Crippen LogP contribution in [0.25, 0.3) is 21.7 Å². The number of nitrogens with two attached hydrogens (primary N) is 1. The fraction of sp³-hybridized carbons (Fsp3) is 0. The van der Waals surface area contributed by atoms with Crippen LogP contribution in [-0.4, -0.2) is 10.8 Å². The molecule has 0 saturated heterocycles. The number of rotatable bonds is 1. The molecule has 0 amide bonds. The first kappa shape index (κ1) is 13.8. The van der Waals surface area contributed by atoms with Crippen molar-refractivity contribution >= 4 is 38.8 Å². The van der Waals surface area contributed by atoms with E-state index in [-0.39, 0.29) is 11.3 Å². The van der Waals surface area contributed by atoms with Gasteiger partial charge in [0.25, 0.3) is 0 Å². The molecule has 5 heteroatoms. The molecule has 1 aliphatic rings. The van der Waals surface area contributed by atoms with E-state index in [0.717, 1.165) is 22.0 Å². The number of benzene rings is 3. The van der Waals surface area contributed by atoms with Crippen molar-refractivity contribution in [2.45, 2.75) is 0 Å². The van der Waals surface area contributed by atoms with Gasteiger partial charge in [0.2, 0.25) is 0 Å². The molecule has 120 valence electrons. The van der Waals surface area contributed by atoms with Crippen LogP contribution in [0.1, 0.15) is 11.1 Å². The number of para-hydroxylation sites is 1. The summed E-state index contributed by atoms with van der Waals surface area (Å²) in [5.41, 5.74) is 8.39. The van der Waals surface area contributed by atoms with Crippen molar-refractivity contribution < 1.29 is 9.52 Å². The van der Waals surface area contributed by atoms with Crippen LogP contribution in [0.2, 0.25) is 0 Å². The van der Waals surface area contributed by atoms with Gasteiger partial charge in [-0.15, -0.1) is 0 Å². The van der Waals surface area contributed by atoms with E-state index >= 15 is 0 Å². The van der Waals surface area contributed by atoms with Crippen molar-refractivity contribution in [3.05, 3.63) is 76.1 Å². The molecule has 5 nitrogen and oxygen atoms in total. The van der Waals surface area contributed by atoms with E-state index in [4.69, 9.17) is 10.2 Å². The minimum Gasteiger partial charge on any atom is -0.506 e. The summed E-state index contributed by atoms with van der Waals surface area (Å²) in [6.07, 6.45) is 0. The van der Waals surface area contributed by atoms with Gasteiger partial charge in [0.05, 0.1) is 16.8 Å². The first-order chi connectivity index (χ1) is 12.1. The Bertz CT molecular complexity index is 1290. The van der Waals surface area contributed by atoms with Gasteiger partial charge >= 0.3 is 5.63 Å². The lowest BCUT2D eigenvalue weighted by molar-refractivity contribution is 0.466. The fourth-order valence-electron chi connectivity index (χ4n) is 3.41. The molecule has 4 aromatic rings. The second kappa shape index (κ2) is 4.70. The van der Waals surface area contributed by atoms with Crippen LogP contribution < -0.4 is 11.4 Å². The maximum absolute atomic E-state index is 12.5. The van der Waals surface area contributed by atoms with Gasteiger partial charge in [-0.2, -0.15) is 0 Å². The van der Waals surface area contributed by atoms with Crippen molar-refractivity contribution in [2.24, 2.45) is 4.99 Å².